The normalized spacial score (nSPS) is 16.5. The Morgan fingerprint density at radius 2 is 1.39 bits per heavy atom. The second-order valence-electron chi connectivity index (χ2n) is 7.50. The zero-order valence-electron chi connectivity index (χ0n) is 17.3. The highest BCUT2D eigenvalue weighted by atomic mass is 32.2. The molecule has 0 spiro atoms. The maximum Gasteiger partial charge on any atom is 0.279 e. The van der Waals surface area contributed by atoms with Crippen LogP contribution in [0.3, 0.4) is 0 Å². The summed E-state index contributed by atoms with van der Waals surface area (Å²) < 4.78 is 79.6. The molecule has 3 aromatic carbocycles. The van der Waals surface area contributed by atoms with E-state index in [4.69, 9.17) is 0 Å². The second-order valence-corrected chi connectivity index (χ2v) is 11.0. The Morgan fingerprint density at radius 3 is 1.94 bits per heavy atom. The van der Waals surface area contributed by atoms with E-state index < -0.39 is 37.7 Å². The van der Waals surface area contributed by atoms with E-state index in [1.807, 2.05) is 0 Å². The van der Waals surface area contributed by atoms with E-state index in [0.717, 1.165) is 34.9 Å². The lowest BCUT2D eigenvalue weighted by molar-refractivity contribution is 0.371. The summed E-state index contributed by atoms with van der Waals surface area (Å²) in [5, 5.41) is 4.35. The van der Waals surface area contributed by atoms with Crippen molar-refractivity contribution in [3.63, 3.8) is 0 Å². The maximum absolute atomic E-state index is 13.5. The lowest BCUT2D eigenvalue weighted by Crippen LogP contribution is -2.27. The van der Waals surface area contributed by atoms with Gasteiger partial charge in [-0.3, -0.25) is 4.72 Å². The Kier molecular flexibility index (Phi) is 5.93. The molecule has 33 heavy (non-hydrogen) atoms. The molecule has 0 saturated heterocycles. The summed E-state index contributed by atoms with van der Waals surface area (Å²) in [6.45, 7) is 0. The van der Waals surface area contributed by atoms with Gasteiger partial charge in [0.1, 0.15) is 11.6 Å². The molecule has 0 fully saturated rings. The highest BCUT2D eigenvalue weighted by Crippen LogP contribution is 2.37. The highest BCUT2D eigenvalue weighted by molar-refractivity contribution is 7.92. The molecule has 4 rings (SSSR count). The summed E-state index contributed by atoms with van der Waals surface area (Å²) >= 11 is 0. The minimum atomic E-state index is -4.14. The average molecular weight is 492 g/mol. The summed E-state index contributed by atoms with van der Waals surface area (Å²) in [5.74, 6) is -1.03. The molecular weight excluding hydrogens is 472 g/mol. The van der Waals surface area contributed by atoms with E-state index in [-0.39, 0.29) is 11.3 Å². The number of benzene rings is 3. The first-order valence-corrected chi connectivity index (χ1v) is 13.1. The van der Waals surface area contributed by atoms with Crippen LogP contribution < -0.4 is 4.72 Å². The van der Waals surface area contributed by atoms with Gasteiger partial charge in [0.2, 0.25) is 10.0 Å². The molecule has 1 N–H and O–H groups in total. The molecule has 0 bridgehead atoms. The fourth-order valence-corrected chi connectivity index (χ4v) is 5.47. The van der Waals surface area contributed by atoms with Crippen molar-refractivity contribution in [1.82, 2.24) is 4.41 Å². The van der Waals surface area contributed by atoms with Crippen LogP contribution in [-0.2, 0) is 20.0 Å². The molecule has 0 saturated carbocycles. The van der Waals surface area contributed by atoms with Crippen LogP contribution in [0.4, 0.5) is 14.5 Å². The van der Waals surface area contributed by atoms with Crippen LogP contribution in [0.15, 0.2) is 82.8 Å². The number of rotatable bonds is 6. The molecule has 1 aliphatic rings. The van der Waals surface area contributed by atoms with Crippen molar-refractivity contribution in [3.05, 3.63) is 95.6 Å². The molecule has 3 aromatic rings. The van der Waals surface area contributed by atoms with Crippen molar-refractivity contribution in [3.8, 4) is 0 Å². The second kappa shape index (κ2) is 8.56. The number of sulfonamides is 2. The fraction of sp³-hybridized carbons (Fsp3) is 0.136. The molecule has 0 radical (unpaired) electrons. The first-order chi connectivity index (χ1) is 15.5. The maximum atomic E-state index is 13.5. The van der Waals surface area contributed by atoms with Gasteiger partial charge in [-0.05, 0) is 59.7 Å². The third-order valence-electron chi connectivity index (χ3n) is 5.01. The smallest absolute Gasteiger partial charge is 0.279 e. The van der Waals surface area contributed by atoms with Crippen molar-refractivity contribution in [2.75, 3.05) is 11.0 Å². The van der Waals surface area contributed by atoms with E-state index >= 15 is 0 Å². The van der Waals surface area contributed by atoms with Gasteiger partial charge in [0.15, 0.2) is 0 Å². The van der Waals surface area contributed by atoms with E-state index in [2.05, 4.69) is 9.82 Å². The van der Waals surface area contributed by atoms with E-state index in [1.165, 1.54) is 24.3 Å². The van der Waals surface area contributed by atoms with Crippen LogP contribution in [-0.4, -0.2) is 33.2 Å². The molecule has 0 unspecified atom stereocenters. The first kappa shape index (κ1) is 22.9. The number of anilines is 1. The standard InChI is InChI=1S/C22H19F2N3O4S2/c1-32(28,29)26-19-10-4-15(5-11-19)21-14-22(16-2-6-17(23)7-3-16)27(25-21)33(30,31)20-12-8-18(24)9-13-20/h2-13,22,26H,14H2,1H3/t22-/m1/s1. The molecule has 0 amide bonds. The summed E-state index contributed by atoms with van der Waals surface area (Å²) in [5.41, 5.74) is 1.93. The molecule has 172 valence electrons. The van der Waals surface area contributed by atoms with Gasteiger partial charge in [-0.25, -0.2) is 17.2 Å². The largest absolute Gasteiger partial charge is 0.284 e. The number of hydrogen-bond acceptors (Lipinski definition) is 5. The van der Waals surface area contributed by atoms with Crippen LogP contribution in [0.1, 0.15) is 23.6 Å². The third kappa shape index (κ3) is 5.04. The number of nitrogens with one attached hydrogen (secondary N) is 1. The number of nitrogens with zero attached hydrogens (tertiary/aromatic N) is 2. The quantitative estimate of drug-likeness (QED) is 0.566. The van der Waals surface area contributed by atoms with Crippen molar-refractivity contribution in [1.29, 1.82) is 0 Å². The van der Waals surface area contributed by atoms with Gasteiger partial charge in [-0.1, -0.05) is 24.3 Å². The topological polar surface area (TPSA) is 95.9 Å². The molecule has 11 heteroatoms. The van der Waals surface area contributed by atoms with Gasteiger partial charge < -0.3 is 0 Å². The molecular formula is C22H19F2N3O4S2. The van der Waals surface area contributed by atoms with Gasteiger partial charge in [-0.15, -0.1) is 0 Å². The molecule has 1 heterocycles. The van der Waals surface area contributed by atoms with Crippen molar-refractivity contribution in [2.45, 2.75) is 17.4 Å². The zero-order valence-corrected chi connectivity index (χ0v) is 18.9. The molecule has 1 aliphatic heterocycles. The van der Waals surface area contributed by atoms with Gasteiger partial charge in [-0.2, -0.15) is 17.9 Å². The Hall–Kier alpha value is -3.31. The highest BCUT2D eigenvalue weighted by Gasteiger charge is 2.37. The monoisotopic (exact) mass is 491 g/mol. The molecule has 7 nitrogen and oxygen atoms in total. The lowest BCUT2D eigenvalue weighted by Gasteiger charge is -2.23. The van der Waals surface area contributed by atoms with Crippen LogP contribution in [0.2, 0.25) is 0 Å². The first-order valence-electron chi connectivity index (χ1n) is 9.74. The molecule has 0 aliphatic carbocycles. The number of hydrazone groups is 1. The molecule has 0 aromatic heterocycles. The Balaban J connectivity index is 1.73. The van der Waals surface area contributed by atoms with Gasteiger partial charge >= 0.3 is 0 Å². The number of hydrogen-bond donors (Lipinski definition) is 1. The predicted molar refractivity (Wildman–Crippen MR) is 121 cm³/mol. The van der Waals surface area contributed by atoms with Gasteiger partial charge in [0.05, 0.1) is 22.9 Å². The lowest BCUT2D eigenvalue weighted by atomic mass is 9.99. The van der Waals surface area contributed by atoms with Crippen molar-refractivity contribution in [2.24, 2.45) is 5.10 Å². The average Bonchev–Trinajstić information content (AvgIpc) is 3.20. The van der Waals surface area contributed by atoms with E-state index in [0.29, 0.717) is 22.5 Å². The van der Waals surface area contributed by atoms with Crippen molar-refractivity contribution < 1.29 is 25.6 Å². The predicted octanol–water partition coefficient (Wildman–Crippen LogP) is 3.88. The third-order valence-corrected chi connectivity index (χ3v) is 7.31. The van der Waals surface area contributed by atoms with Gasteiger partial charge in [0.25, 0.3) is 10.0 Å². The Bertz CT molecular complexity index is 1410. The summed E-state index contributed by atoms with van der Waals surface area (Å²) in [4.78, 5) is -0.131. The van der Waals surface area contributed by atoms with Crippen LogP contribution in [0.5, 0.6) is 0 Å². The van der Waals surface area contributed by atoms with Gasteiger partial charge in [0, 0.05) is 12.1 Å². The van der Waals surface area contributed by atoms with Crippen LogP contribution >= 0.6 is 0 Å². The van der Waals surface area contributed by atoms with Crippen molar-refractivity contribution >= 4 is 31.4 Å². The Morgan fingerprint density at radius 1 is 0.848 bits per heavy atom. The van der Waals surface area contributed by atoms with E-state index in [1.54, 1.807) is 24.3 Å². The summed E-state index contributed by atoms with van der Waals surface area (Å²) in [6, 6.07) is 15.5. The molecule has 1 atom stereocenters. The van der Waals surface area contributed by atoms with Crippen LogP contribution in [0.25, 0.3) is 0 Å². The summed E-state index contributed by atoms with van der Waals surface area (Å²) in [6.07, 6.45) is 1.23. The fourth-order valence-electron chi connectivity index (χ4n) is 3.48. The Labute approximate surface area is 190 Å². The van der Waals surface area contributed by atoms with E-state index in [9.17, 15) is 25.6 Å². The SMILES string of the molecule is CS(=O)(=O)Nc1ccc(C2=NN(S(=O)(=O)c3ccc(F)cc3)[C@@H](c3ccc(F)cc3)C2)cc1. The summed E-state index contributed by atoms with van der Waals surface area (Å²) in [7, 11) is -7.59. The zero-order chi connectivity index (χ0) is 23.8. The minimum Gasteiger partial charge on any atom is -0.284 e. The minimum absolute atomic E-state index is 0.131. The van der Waals surface area contributed by atoms with Crippen LogP contribution in [0, 0.1) is 11.6 Å². The number of halogens is 2.